The Labute approximate surface area is 797 Å². The molecule has 0 spiro atoms. The smallest absolute Gasteiger partial charge is 0.246 e. The predicted octanol–water partition coefficient (Wildman–Crippen LogP) is -1.71. The monoisotopic (exact) mass is 1920 g/mol. The number of amides is 16. The highest BCUT2D eigenvalue weighted by Gasteiger charge is 2.47. The van der Waals surface area contributed by atoms with Gasteiger partial charge in [-0.2, -0.15) is 0 Å². The highest BCUT2D eigenvalue weighted by atomic mass is 32.2. The van der Waals surface area contributed by atoms with Crippen LogP contribution in [0.1, 0.15) is 153 Å². The Bertz CT molecular complexity index is 5290. The highest BCUT2D eigenvalue weighted by molar-refractivity contribution is 8.00. The molecule has 4 fully saturated rings. The van der Waals surface area contributed by atoms with Crippen molar-refractivity contribution in [2.24, 2.45) is 23.1 Å². The number of carbonyl (C=O) groups is 17. The first-order valence-corrected chi connectivity index (χ1v) is 47.7. The number of hydrogen-bond acceptors (Lipinski definition) is 23. The summed E-state index contributed by atoms with van der Waals surface area (Å²) >= 11 is 0.790. The van der Waals surface area contributed by atoms with Gasteiger partial charge in [-0.05, 0) is 125 Å². The average molecular weight is 1920 g/mol. The number of aliphatic hydroxyl groups excluding tert-OH is 1. The van der Waals surface area contributed by atoms with Crippen LogP contribution < -0.4 is 75.7 Å². The van der Waals surface area contributed by atoms with Crippen LogP contribution in [0.4, 0.5) is 0 Å². The second kappa shape index (κ2) is 50.3. The Morgan fingerprint density at radius 3 is 1.64 bits per heavy atom. The number of fused-ring (bicyclic) bond motifs is 5. The van der Waals surface area contributed by atoms with E-state index in [1.807, 2.05) is 13.8 Å². The minimum absolute atomic E-state index is 0.00211. The van der Waals surface area contributed by atoms with Crippen molar-refractivity contribution in [1.82, 2.24) is 103 Å². The van der Waals surface area contributed by atoms with Crippen LogP contribution in [0.5, 0.6) is 5.75 Å². The fourth-order valence-corrected chi connectivity index (χ4v) is 18.9. The molecule has 3 aromatic carbocycles. The van der Waals surface area contributed by atoms with E-state index in [4.69, 9.17) is 22.6 Å². The molecule has 14 atom stereocenters. The lowest BCUT2D eigenvalue weighted by Gasteiger charge is -2.39. The highest BCUT2D eigenvalue weighted by Crippen LogP contribution is 2.30. The molecule has 44 heteroatoms. The summed E-state index contributed by atoms with van der Waals surface area (Å²) in [5.74, 6) is -15.9. The number of aromatic hydroxyl groups is 1. The first-order chi connectivity index (χ1) is 65.5. The zero-order valence-electron chi connectivity index (χ0n) is 78.1. The molecule has 23 N–H and O–H groups in total. The van der Waals surface area contributed by atoms with Crippen molar-refractivity contribution < 1.29 is 91.7 Å². The first kappa shape index (κ1) is 106. The van der Waals surface area contributed by atoms with Gasteiger partial charge in [-0.3, -0.25) is 87.0 Å². The maximum Gasteiger partial charge on any atom is 0.246 e. The summed E-state index contributed by atoms with van der Waals surface area (Å²) in [5, 5.41) is 60.6. The van der Waals surface area contributed by atoms with E-state index in [-0.39, 0.29) is 134 Å². The molecule has 7 heterocycles. The molecule has 0 bridgehead atoms. The number of likely N-dealkylation sites (N-methyl/N-ethyl adjacent to an activating group) is 2. The maximum absolute atomic E-state index is 15.8. The molecule has 43 nitrogen and oxygen atoms in total. The zero-order chi connectivity index (χ0) is 99.3. The van der Waals surface area contributed by atoms with Gasteiger partial charge in [0, 0.05) is 117 Å². The van der Waals surface area contributed by atoms with Crippen molar-refractivity contribution in [3.63, 3.8) is 0 Å². The summed E-state index contributed by atoms with van der Waals surface area (Å²) in [4.78, 5) is 271. The van der Waals surface area contributed by atoms with E-state index in [0.717, 1.165) is 16.7 Å². The third-order valence-electron chi connectivity index (χ3n) is 25.1. The summed E-state index contributed by atoms with van der Waals surface area (Å²) in [6.45, 7) is 4.96. The van der Waals surface area contributed by atoms with Crippen LogP contribution in [-0.2, 0) is 107 Å². The summed E-state index contributed by atoms with van der Waals surface area (Å²) in [5.41, 5.74) is 18.0. The van der Waals surface area contributed by atoms with Crippen LogP contribution in [0.3, 0.4) is 0 Å². The molecule has 0 aliphatic carbocycles. The Morgan fingerprint density at radius 2 is 1.09 bits per heavy atom. The Kier molecular flexibility index (Phi) is 38.8. The van der Waals surface area contributed by atoms with E-state index in [9.17, 15) is 43.8 Å². The third kappa shape index (κ3) is 29.0. The fraction of sp³-hybridized carbons (Fsp3) is 0.538. The van der Waals surface area contributed by atoms with Gasteiger partial charge < -0.3 is 125 Å². The summed E-state index contributed by atoms with van der Waals surface area (Å²) in [7, 11) is 2.96. The zero-order valence-corrected chi connectivity index (χ0v) is 78.9. The lowest BCUT2D eigenvalue weighted by molar-refractivity contribution is -0.145. The number of aldehydes is 1. The standard InChI is InChI=1S/C93H130N24O19S/c1-7-9-24-71-84(129)105-63(23-15-33-99-92(96)97)80(125)111-70(79(124)102-46-77(95)122)48-137-49-78(123)104-67(38-54-29-31-58(120)32-30-54)89(134)116-35-18-28-74(116)87(132)109-68(41-76(94)121)90(135)117-36-17-27-73(117)86(131)107-65(40-57-45-98-52-103-57)82(127)108-66(37-53(3)4)88(133)115-34-16-26-72(115)85(130)106-64(39-55-43-100-61-21-13-11-19-59(55)61)81(126)110-69(47-118)83(128)112-93(51-119,42-56-44-101-62-22-14-12-20-60(56)62)50-113(5)75(25-10-8-2)91(136)114(71)6/h11-14,19-22,29-32,43-45,51-53,63-75,100-101,118,120H,7-10,15-18,23-28,33-42,46-50H2,1-6H3,(H2,94,121)(H2,95,122)(H,98,103)(H,102,124)(H,104,123)(H,105,129)(H,106,130)(H,107,131)(H,108,127)(H,109,132)(H,110,126)(H,111,125)(H,112,128)(H4,96,97,99). The molecule has 16 amide bonds. The Hall–Kier alpha value is -13.5. The number of primary amides is 2. The molecule has 4 saturated heterocycles. The van der Waals surface area contributed by atoms with Crippen LogP contribution in [0.25, 0.3) is 21.8 Å². The van der Waals surface area contributed by atoms with Crippen molar-refractivity contribution in [3.8, 4) is 5.75 Å². The predicted molar refractivity (Wildman–Crippen MR) is 506 cm³/mol. The van der Waals surface area contributed by atoms with E-state index in [1.165, 1.54) is 58.5 Å². The van der Waals surface area contributed by atoms with E-state index < -0.39 is 222 Å². The quantitative estimate of drug-likeness (QED) is 0.0118. The summed E-state index contributed by atoms with van der Waals surface area (Å²) in [6, 6.07) is 0.866. The number of nitrogens with one attached hydrogen (secondary N) is 15. The second-order valence-electron chi connectivity index (χ2n) is 36.0. The fourth-order valence-electron chi connectivity index (χ4n) is 18.1. The molecular formula is C93H130N24O19S. The lowest BCUT2D eigenvalue weighted by Crippen LogP contribution is -2.65. The van der Waals surface area contributed by atoms with Crippen molar-refractivity contribution in [2.45, 2.75) is 240 Å². The largest absolute Gasteiger partial charge is 0.508 e. The minimum atomic E-state index is -2.03. The van der Waals surface area contributed by atoms with Gasteiger partial charge >= 0.3 is 0 Å². The molecule has 10 rings (SSSR count). The number of unbranched alkanes of at least 4 members (excludes halogenated alkanes) is 2. The number of phenols is 1. The van der Waals surface area contributed by atoms with Gasteiger partial charge in [0.15, 0.2) is 5.96 Å². The summed E-state index contributed by atoms with van der Waals surface area (Å²) < 4.78 is 0. The van der Waals surface area contributed by atoms with Crippen LogP contribution in [0, 0.1) is 11.3 Å². The number of aromatic amines is 3. The molecule has 742 valence electrons. The topological polar surface area (TPSA) is 641 Å². The van der Waals surface area contributed by atoms with E-state index in [2.05, 4.69) is 78.4 Å². The number of thioether (sulfide) groups is 1. The van der Waals surface area contributed by atoms with E-state index in [1.54, 1.807) is 86.7 Å². The van der Waals surface area contributed by atoms with Gasteiger partial charge in [-0.1, -0.05) is 102 Å². The molecule has 6 aromatic rings. The van der Waals surface area contributed by atoms with Crippen LogP contribution in [-0.4, -0.2) is 317 Å². The van der Waals surface area contributed by atoms with Crippen molar-refractivity contribution in [1.29, 1.82) is 5.41 Å². The molecule has 137 heavy (non-hydrogen) atoms. The number of rotatable bonds is 27. The third-order valence-corrected chi connectivity index (χ3v) is 26.2. The number of imidazole rings is 1. The molecule has 14 unspecified atom stereocenters. The number of benzene rings is 3. The molecule has 0 saturated carbocycles. The number of nitrogens with zero attached hydrogens (tertiary/aromatic N) is 6. The molecule has 0 radical (unpaired) electrons. The number of H-pyrrole nitrogens is 3. The van der Waals surface area contributed by atoms with Gasteiger partial charge in [0.25, 0.3) is 0 Å². The first-order valence-electron chi connectivity index (χ1n) is 46.6. The van der Waals surface area contributed by atoms with E-state index >= 15 is 47.9 Å². The van der Waals surface area contributed by atoms with Gasteiger partial charge in [0.05, 0.1) is 37.7 Å². The number of para-hydroxylation sites is 2. The number of hydrogen-bond donors (Lipinski definition) is 20. The number of carbonyl (C=O) groups excluding carboxylic acids is 17. The molecular weight excluding hydrogens is 1790 g/mol. The minimum Gasteiger partial charge on any atom is -0.508 e. The van der Waals surface area contributed by atoms with Gasteiger partial charge in [-0.25, -0.2) is 4.98 Å². The Balaban J connectivity index is 1.02. The van der Waals surface area contributed by atoms with E-state index in [0.29, 0.717) is 76.2 Å². The van der Waals surface area contributed by atoms with Crippen molar-refractivity contribution in [3.05, 3.63) is 120 Å². The van der Waals surface area contributed by atoms with Gasteiger partial charge in [0.2, 0.25) is 94.5 Å². The van der Waals surface area contributed by atoms with Gasteiger partial charge in [0.1, 0.15) is 90.1 Å². The summed E-state index contributed by atoms with van der Waals surface area (Å²) in [6.07, 6.45) is 7.37. The van der Waals surface area contributed by atoms with Crippen LogP contribution >= 0.6 is 11.8 Å². The maximum atomic E-state index is 15.8. The average Bonchev–Trinajstić information content (AvgIpc) is 1.80. The van der Waals surface area contributed by atoms with Crippen molar-refractivity contribution >= 4 is 140 Å². The second-order valence-corrected chi connectivity index (χ2v) is 37.0. The number of aliphatic hydroxyl groups is 1. The lowest BCUT2D eigenvalue weighted by atomic mass is 9.89. The number of phenolic OH excluding ortho intramolecular Hbond substituents is 1. The molecule has 3 aromatic heterocycles. The van der Waals surface area contributed by atoms with Gasteiger partial charge in [-0.15, -0.1) is 11.8 Å². The SMILES string of the molecule is CCCCC1C(=O)N(C)C(CCCC)C(=O)NC(CCCNC(=N)N)C(=O)NC(C(=O)NCC(N)=O)CSCC(=O)NC(Cc2ccc(O)cc2)C(=O)N2CCCC2C(=O)NC(CC(N)=O)C(=O)N2CCCC2C(=O)NC(Cc2cnc[nH]2)C(=O)NC(CC(C)C)C(=O)N2CCCC2C(=O)NC(Cc2c[nH]c3ccccc23)C(=O)NC(CO)C(=O)NC(C=O)(Cc2c[nH]c3ccccc23)CN1C. The van der Waals surface area contributed by atoms with Crippen LogP contribution in [0.15, 0.2) is 97.7 Å². The van der Waals surface area contributed by atoms with Crippen LogP contribution in [0.2, 0.25) is 0 Å². The van der Waals surface area contributed by atoms with Crippen molar-refractivity contribution in [2.75, 3.05) is 71.5 Å². The normalized spacial score (nSPS) is 25.1. The molecule has 4 aliphatic heterocycles. The number of nitrogens with two attached hydrogens (primary N) is 3. The number of guanidine groups is 1. The Morgan fingerprint density at radius 1 is 0.569 bits per heavy atom. The molecule has 4 aliphatic rings. The number of aromatic nitrogens is 4.